The average molecular weight is 394 g/mol. The molecule has 0 saturated carbocycles. The van der Waals surface area contributed by atoms with Crippen molar-refractivity contribution in [3.8, 4) is 0 Å². The lowest BCUT2D eigenvalue weighted by molar-refractivity contribution is -0.140. The zero-order valence-corrected chi connectivity index (χ0v) is 17.0. The third-order valence-corrected chi connectivity index (χ3v) is 5.06. The van der Waals surface area contributed by atoms with Gasteiger partial charge in [-0.2, -0.15) is 0 Å². The van der Waals surface area contributed by atoms with Crippen molar-refractivity contribution in [1.29, 1.82) is 0 Å². The van der Waals surface area contributed by atoms with Crippen molar-refractivity contribution >= 4 is 23.1 Å². The molecule has 1 saturated heterocycles. The van der Waals surface area contributed by atoms with Gasteiger partial charge in [-0.3, -0.25) is 9.59 Å². The first-order valence-corrected chi connectivity index (χ1v) is 9.55. The van der Waals surface area contributed by atoms with Crippen LogP contribution in [-0.2, 0) is 14.3 Å². The number of likely N-dealkylation sites (tertiary alicyclic amines) is 1. The van der Waals surface area contributed by atoms with E-state index in [9.17, 15) is 14.7 Å². The minimum Gasteiger partial charge on any atom is -0.507 e. The zero-order chi connectivity index (χ0) is 21.0. The molecule has 0 bridgehead atoms. The number of methoxy groups -OCH3 is 1. The summed E-state index contributed by atoms with van der Waals surface area (Å²) in [5.74, 6) is -1.41. The molecule has 1 aliphatic rings. The average Bonchev–Trinajstić information content (AvgIpc) is 2.99. The molecule has 1 unspecified atom stereocenters. The Morgan fingerprint density at radius 2 is 1.72 bits per heavy atom. The number of carbonyl (C=O) groups is 2. The molecule has 152 valence electrons. The molecule has 29 heavy (non-hydrogen) atoms. The first kappa shape index (κ1) is 20.6. The van der Waals surface area contributed by atoms with Crippen LogP contribution in [0, 0.1) is 0 Å². The van der Waals surface area contributed by atoms with Crippen LogP contribution in [0.4, 0.5) is 5.69 Å². The van der Waals surface area contributed by atoms with Crippen molar-refractivity contribution in [2.24, 2.45) is 0 Å². The minimum absolute atomic E-state index is 0.121. The number of aliphatic hydroxyl groups is 1. The van der Waals surface area contributed by atoms with E-state index in [2.05, 4.69) is 0 Å². The first-order chi connectivity index (χ1) is 14.0. The van der Waals surface area contributed by atoms with Gasteiger partial charge in [0.15, 0.2) is 0 Å². The SMILES string of the molecule is COCCCN1C(=O)C(=O)C(=C(O)c2ccccc2)C1c1ccc(N(C)C)cc1. The van der Waals surface area contributed by atoms with E-state index >= 15 is 0 Å². The maximum Gasteiger partial charge on any atom is 0.295 e. The number of rotatable bonds is 7. The molecule has 2 aromatic carbocycles. The van der Waals surface area contributed by atoms with Crippen LogP contribution in [0.3, 0.4) is 0 Å². The summed E-state index contributed by atoms with van der Waals surface area (Å²) in [5.41, 5.74) is 2.42. The summed E-state index contributed by atoms with van der Waals surface area (Å²) in [7, 11) is 5.49. The summed E-state index contributed by atoms with van der Waals surface area (Å²) < 4.78 is 5.10. The topological polar surface area (TPSA) is 70.1 Å². The Morgan fingerprint density at radius 1 is 1.07 bits per heavy atom. The second-order valence-corrected chi connectivity index (χ2v) is 7.19. The maximum atomic E-state index is 12.9. The van der Waals surface area contributed by atoms with E-state index in [1.54, 1.807) is 31.4 Å². The quantitative estimate of drug-likeness (QED) is 0.338. The van der Waals surface area contributed by atoms with Crippen molar-refractivity contribution in [3.63, 3.8) is 0 Å². The third kappa shape index (κ3) is 4.17. The Morgan fingerprint density at radius 3 is 2.31 bits per heavy atom. The number of ketones is 1. The molecule has 6 heteroatoms. The van der Waals surface area contributed by atoms with Gasteiger partial charge in [-0.15, -0.1) is 0 Å². The van der Waals surface area contributed by atoms with Crippen molar-refractivity contribution in [2.45, 2.75) is 12.5 Å². The van der Waals surface area contributed by atoms with Gasteiger partial charge in [-0.05, 0) is 24.1 Å². The van der Waals surface area contributed by atoms with Crippen LogP contribution in [0.15, 0.2) is 60.2 Å². The van der Waals surface area contributed by atoms with Crippen LogP contribution in [-0.4, -0.2) is 56.1 Å². The highest BCUT2D eigenvalue weighted by Crippen LogP contribution is 2.39. The van der Waals surface area contributed by atoms with E-state index in [4.69, 9.17) is 4.74 Å². The van der Waals surface area contributed by atoms with E-state index in [1.165, 1.54) is 4.90 Å². The summed E-state index contributed by atoms with van der Waals surface area (Å²) in [6.07, 6.45) is 0.598. The molecule has 3 rings (SSSR count). The normalized spacial score (nSPS) is 18.3. The second kappa shape index (κ2) is 8.92. The van der Waals surface area contributed by atoms with Crippen molar-refractivity contribution in [1.82, 2.24) is 4.90 Å². The number of carbonyl (C=O) groups excluding carboxylic acids is 2. The predicted octanol–water partition coefficient (Wildman–Crippen LogP) is 3.21. The van der Waals surface area contributed by atoms with Crippen LogP contribution in [0.2, 0.25) is 0 Å². The summed E-state index contributed by atoms with van der Waals surface area (Å²) in [4.78, 5) is 29.2. The lowest BCUT2D eigenvalue weighted by Gasteiger charge is -2.26. The lowest BCUT2D eigenvalue weighted by Crippen LogP contribution is -2.31. The van der Waals surface area contributed by atoms with Gasteiger partial charge in [-0.1, -0.05) is 42.5 Å². The van der Waals surface area contributed by atoms with Gasteiger partial charge in [0, 0.05) is 45.6 Å². The largest absolute Gasteiger partial charge is 0.507 e. The van der Waals surface area contributed by atoms with E-state index in [-0.39, 0.29) is 11.3 Å². The standard InChI is InChI=1S/C23H26N2O4/c1-24(2)18-12-10-16(11-13-18)20-19(21(26)17-8-5-4-6-9-17)22(27)23(28)25(20)14-7-15-29-3/h4-6,8-13,20,26H,7,14-15H2,1-3H3. The molecule has 0 aliphatic carbocycles. The number of aliphatic hydroxyl groups excluding tert-OH is 1. The van der Waals surface area contributed by atoms with Crippen molar-refractivity contribution in [2.75, 3.05) is 39.3 Å². The number of hydrogen-bond donors (Lipinski definition) is 1. The van der Waals surface area contributed by atoms with Gasteiger partial charge < -0.3 is 19.6 Å². The molecule has 2 aromatic rings. The minimum atomic E-state index is -0.662. The molecule has 1 amide bonds. The van der Waals surface area contributed by atoms with Crippen molar-refractivity contribution in [3.05, 3.63) is 71.3 Å². The summed E-state index contributed by atoms with van der Waals surface area (Å²) in [6.45, 7) is 0.845. The zero-order valence-electron chi connectivity index (χ0n) is 17.0. The first-order valence-electron chi connectivity index (χ1n) is 9.55. The molecule has 0 aromatic heterocycles. The molecule has 0 spiro atoms. The number of ether oxygens (including phenoxy) is 1. The highest BCUT2D eigenvalue weighted by Gasteiger charge is 2.45. The van der Waals surface area contributed by atoms with Gasteiger partial charge in [0.25, 0.3) is 11.7 Å². The number of nitrogens with zero attached hydrogens (tertiary/aromatic N) is 2. The number of amides is 1. The third-order valence-electron chi connectivity index (χ3n) is 5.06. The summed E-state index contributed by atoms with van der Waals surface area (Å²) in [5, 5.41) is 10.9. The molecule has 6 nitrogen and oxygen atoms in total. The Balaban J connectivity index is 2.09. The molecular formula is C23H26N2O4. The molecule has 1 aliphatic heterocycles. The fraction of sp³-hybridized carbons (Fsp3) is 0.304. The number of benzene rings is 2. The highest BCUT2D eigenvalue weighted by molar-refractivity contribution is 6.46. The fourth-order valence-electron chi connectivity index (χ4n) is 3.54. The van der Waals surface area contributed by atoms with Gasteiger partial charge >= 0.3 is 0 Å². The summed E-state index contributed by atoms with van der Waals surface area (Å²) in [6, 6.07) is 15.9. The fourth-order valence-corrected chi connectivity index (χ4v) is 3.54. The van der Waals surface area contributed by atoms with E-state index in [0.717, 1.165) is 11.3 Å². The van der Waals surface area contributed by atoms with Gasteiger partial charge in [0.2, 0.25) is 0 Å². The van der Waals surface area contributed by atoms with Crippen LogP contribution in [0.25, 0.3) is 5.76 Å². The molecule has 1 fully saturated rings. The molecule has 1 N–H and O–H groups in total. The molecule has 1 atom stereocenters. The van der Waals surface area contributed by atoms with Crippen LogP contribution >= 0.6 is 0 Å². The van der Waals surface area contributed by atoms with E-state index < -0.39 is 17.7 Å². The van der Waals surface area contributed by atoms with E-state index in [0.29, 0.717) is 25.1 Å². The highest BCUT2D eigenvalue weighted by atomic mass is 16.5. The molecular weight excluding hydrogens is 368 g/mol. The predicted molar refractivity (Wildman–Crippen MR) is 113 cm³/mol. The lowest BCUT2D eigenvalue weighted by atomic mass is 9.95. The molecule has 0 radical (unpaired) electrons. The number of hydrogen-bond acceptors (Lipinski definition) is 5. The van der Waals surface area contributed by atoms with Gasteiger partial charge in [-0.25, -0.2) is 0 Å². The summed E-state index contributed by atoms with van der Waals surface area (Å²) >= 11 is 0. The molecule has 1 heterocycles. The Labute approximate surface area is 171 Å². The smallest absolute Gasteiger partial charge is 0.295 e. The van der Waals surface area contributed by atoms with Crippen LogP contribution in [0.5, 0.6) is 0 Å². The van der Waals surface area contributed by atoms with Crippen LogP contribution < -0.4 is 4.90 Å². The van der Waals surface area contributed by atoms with Gasteiger partial charge in [0.05, 0.1) is 11.6 Å². The Hall–Kier alpha value is -3.12. The van der Waals surface area contributed by atoms with Crippen molar-refractivity contribution < 1.29 is 19.4 Å². The number of Topliss-reactive ketones (excluding diaryl/α,β-unsaturated/α-hetero) is 1. The maximum absolute atomic E-state index is 12.9. The van der Waals surface area contributed by atoms with Crippen LogP contribution in [0.1, 0.15) is 23.6 Å². The van der Waals surface area contributed by atoms with E-state index in [1.807, 2.05) is 49.3 Å². The van der Waals surface area contributed by atoms with Gasteiger partial charge in [0.1, 0.15) is 5.76 Å². The Bertz CT molecular complexity index is 904. The Kier molecular flexibility index (Phi) is 6.34. The number of anilines is 1. The second-order valence-electron chi connectivity index (χ2n) is 7.19. The monoisotopic (exact) mass is 394 g/mol.